The molecule has 0 saturated carbocycles. The van der Waals surface area contributed by atoms with Crippen LogP contribution in [0.1, 0.15) is 36.1 Å². The second kappa shape index (κ2) is 10.9. The molecule has 7 nitrogen and oxygen atoms in total. The van der Waals surface area contributed by atoms with Crippen molar-refractivity contribution in [2.24, 2.45) is 0 Å². The number of nitrogens with zero attached hydrogens (tertiary/aromatic N) is 1. The molecule has 4 rings (SSSR count). The number of amides is 3. The molecule has 7 heteroatoms. The van der Waals surface area contributed by atoms with Gasteiger partial charge in [-0.05, 0) is 53.8 Å². The van der Waals surface area contributed by atoms with Crippen molar-refractivity contribution in [2.75, 3.05) is 23.9 Å². The predicted octanol–water partition coefficient (Wildman–Crippen LogP) is 4.03. The number of fused-ring (bicyclic) bond motifs is 1. The van der Waals surface area contributed by atoms with E-state index in [1.165, 1.54) is 0 Å². The van der Waals surface area contributed by atoms with Gasteiger partial charge in [0.1, 0.15) is 5.75 Å². The van der Waals surface area contributed by atoms with Crippen LogP contribution in [0, 0.1) is 0 Å². The maximum Gasteiger partial charge on any atom is 0.313 e. The number of carbonyl (C=O) groups is 3. The standard InChI is InChI=1S/C28H29N3O4/c1-3-24(20-9-5-4-6-10-20)30-28(34)27(33)29-22-13-12-21-14-15-31(25(21)18-22)26(32)17-19-8-7-11-23(16-19)35-2/h4-13,16,18,24H,3,14-15,17H2,1-2H3,(H,29,33)(H,30,34)/t24-/m0/s1. The lowest BCUT2D eigenvalue weighted by atomic mass is 10.0. The molecule has 0 saturated heterocycles. The topological polar surface area (TPSA) is 87.7 Å². The van der Waals surface area contributed by atoms with Crippen LogP contribution in [-0.4, -0.2) is 31.4 Å². The number of ether oxygens (including phenoxy) is 1. The van der Waals surface area contributed by atoms with Crippen LogP contribution in [0.5, 0.6) is 5.75 Å². The third kappa shape index (κ3) is 5.69. The summed E-state index contributed by atoms with van der Waals surface area (Å²) in [5.41, 5.74) is 4.07. The molecule has 35 heavy (non-hydrogen) atoms. The van der Waals surface area contributed by atoms with Crippen LogP contribution in [0.4, 0.5) is 11.4 Å². The minimum absolute atomic E-state index is 0.0353. The van der Waals surface area contributed by atoms with E-state index >= 15 is 0 Å². The number of rotatable bonds is 7. The van der Waals surface area contributed by atoms with Crippen LogP contribution in [0.3, 0.4) is 0 Å². The third-order valence-corrected chi connectivity index (χ3v) is 6.15. The van der Waals surface area contributed by atoms with Crippen molar-refractivity contribution in [3.63, 3.8) is 0 Å². The van der Waals surface area contributed by atoms with E-state index in [-0.39, 0.29) is 18.4 Å². The molecule has 1 aliphatic rings. The molecular formula is C28H29N3O4. The van der Waals surface area contributed by atoms with E-state index in [1.807, 2.05) is 67.6 Å². The molecule has 3 aromatic rings. The lowest BCUT2D eigenvalue weighted by Crippen LogP contribution is -2.37. The monoisotopic (exact) mass is 471 g/mol. The fourth-order valence-corrected chi connectivity index (χ4v) is 4.29. The number of hydrogen-bond acceptors (Lipinski definition) is 4. The Kier molecular flexibility index (Phi) is 7.45. The van der Waals surface area contributed by atoms with Gasteiger partial charge in [0.05, 0.1) is 19.6 Å². The highest BCUT2D eigenvalue weighted by atomic mass is 16.5. The SMILES string of the molecule is CC[C@H](NC(=O)C(=O)Nc1ccc2c(c1)N(C(=O)Cc1cccc(OC)c1)CC2)c1ccccc1. The van der Waals surface area contributed by atoms with Crippen molar-refractivity contribution in [3.05, 3.63) is 89.5 Å². The minimum Gasteiger partial charge on any atom is -0.497 e. The first-order valence-corrected chi connectivity index (χ1v) is 11.7. The molecule has 2 N–H and O–H groups in total. The summed E-state index contributed by atoms with van der Waals surface area (Å²) < 4.78 is 5.25. The molecule has 0 aliphatic carbocycles. The van der Waals surface area contributed by atoms with Crippen molar-refractivity contribution >= 4 is 29.1 Å². The zero-order chi connectivity index (χ0) is 24.8. The molecule has 1 aliphatic heterocycles. The molecule has 1 atom stereocenters. The summed E-state index contributed by atoms with van der Waals surface area (Å²) >= 11 is 0. The number of methoxy groups -OCH3 is 1. The van der Waals surface area contributed by atoms with E-state index in [9.17, 15) is 14.4 Å². The molecule has 0 bridgehead atoms. The first-order valence-electron chi connectivity index (χ1n) is 11.7. The molecule has 0 radical (unpaired) electrons. The average molecular weight is 472 g/mol. The van der Waals surface area contributed by atoms with Gasteiger partial charge in [-0.1, -0.05) is 55.5 Å². The smallest absolute Gasteiger partial charge is 0.313 e. The van der Waals surface area contributed by atoms with Gasteiger partial charge in [-0.2, -0.15) is 0 Å². The van der Waals surface area contributed by atoms with Crippen molar-refractivity contribution in [1.82, 2.24) is 5.32 Å². The first-order chi connectivity index (χ1) is 17.0. The Morgan fingerprint density at radius 2 is 1.77 bits per heavy atom. The van der Waals surface area contributed by atoms with E-state index in [1.54, 1.807) is 24.1 Å². The fraction of sp³-hybridized carbons (Fsp3) is 0.250. The number of hydrogen-bond donors (Lipinski definition) is 2. The van der Waals surface area contributed by atoms with Crippen molar-refractivity contribution in [2.45, 2.75) is 32.2 Å². The van der Waals surface area contributed by atoms with Crippen molar-refractivity contribution in [3.8, 4) is 5.75 Å². The Hall–Kier alpha value is -4.13. The molecule has 0 fully saturated rings. The normalized spacial score (nSPS) is 13.0. The molecule has 1 heterocycles. The van der Waals surface area contributed by atoms with Gasteiger partial charge in [0.15, 0.2) is 0 Å². The Morgan fingerprint density at radius 1 is 0.971 bits per heavy atom. The summed E-state index contributed by atoms with van der Waals surface area (Å²) in [5, 5.41) is 5.46. The predicted molar refractivity (Wildman–Crippen MR) is 135 cm³/mol. The van der Waals surface area contributed by atoms with Gasteiger partial charge in [0.25, 0.3) is 0 Å². The van der Waals surface area contributed by atoms with E-state index in [2.05, 4.69) is 10.6 Å². The van der Waals surface area contributed by atoms with Crippen LogP contribution in [0.2, 0.25) is 0 Å². The molecule has 180 valence electrons. The average Bonchev–Trinajstić information content (AvgIpc) is 3.31. The fourth-order valence-electron chi connectivity index (χ4n) is 4.29. The van der Waals surface area contributed by atoms with Gasteiger partial charge in [-0.15, -0.1) is 0 Å². The Morgan fingerprint density at radius 3 is 2.51 bits per heavy atom. The van der Waals surface area contributed by atoms with E-state index < -0.39 is 11.8 Å². The largest absolute Gasteiger partial charge is 0.497 e. The Bertz CT molecular complexity index is 1230. The first kappa shape index (κ1) is 24.0. The highest BCUT2D eigenvalue weighted by molar-refractivity contribution is 6.39. The maximum atomic E-state index is 13.0. The van der Waals surface area contributed by atoms with Gasteiger partial charge in [0.2, 0.25) is 5.91 Å². The summed E-state index contributed by atoms with van der Waals surface area (Å²) in [6, 6.07) is 22.1. The summed E-state index contributed by atoms with van der Waals surface area (Å²) in [6.07, 6.45) is 1.64. The van der Waals surface area contributed by atoms with E-state index in [4.69, 9.17) is 4.74 Å². The summed E-state index contributed by atoms with van der Waals surface area (Å²) in [6.45, 7) is 2.53. The van der Waals surface area contributed by atoms with E-state index in [0.29, 0.717) is 24.4 Å². The van der Waals surface area contributed by atoms with Crippen LogP contribution >= 0.6 is 0 Å². The van der Waals surface area contributed by atoms with Gasteiger partial charge >= 0.3 is 11.8 Å². The van der Waals surface area contributed by atoms with Crippen LogP contribution in [0.25, 0.3) is 0 Å². The zero-order valence-corrected chi connectivity index (χ0v) is 19.9. The van der Waals surface area contributed by atoms with E-state index in [0.717, 1.165) is 28.8 Å². The minimum atomic E-state index is -0.744. The van der Waals surface area contributed by atoms with Gasteiger partial charge < -0.3 is 20.3 Å². The molecule has 3 amide bonds. The summed E-state index contributed by atoms with van der Waals surface area (Å²) in [5.74, 6) is -0.774. The second-order valence-corrected chi connectivity index (χ2v) is 8.47. The molecule has 3 aromatic carbocycles. The van der Waals surface area contributed by atoms with Crippen LogP contribution < -0.4 is 20.3 Å². The number of nitrogens with one attached hydrogen (secondary N) is 2. The third-order valence-electron chi connectivity index (χ3n) is 6.15. The summed E-state index contributed by atoms with van der Waals surface area (Å²) in [4.78, 5) is 39.9. The number of anilines is 2. The Labute approximate surface area is 205 Å². The van der Waals surface area contributed by atoms with Gasteiger partial charge in [-0.25, -0.2) is 0 Å². The number of benzene rings is 3. The van der Waals surface area contributed by atoms with Gasteiger partial charge in [0, 0.05) is 17.9 Å². The highest BCUT2D eigenvalue weighted by Crippen LogP contribution is 2.31. The van der Waals surface area contributed by atoms with Gasteiger partial charge in [-0.3, -0.25) is 14.4 Å². The highest BCUT2D eigenvalue weighted by Gasteiger charge is 2.26. The lowest BCUT2D eigenvalue weighted by Gasteiger charge is -2.19. The van der Waals surface area contributed by atoms with Crippen LogP contribution in [0.15, 0.2) is 72.8 Å². The summed E-state index contributed by atoms with van der Waals surface area (Å²) in [7, 11) is 1.60. The Balaban J connectivity index is 1.42. The second-order valence-electron chi connectivity index (χ2n) is 8.47. The zero-order valence-electron chi connectivity index (χ0n) is 19.9. The molecule has 0 spiro atoms. The van der Waals surface area contributed by atoms with Crippen molar-refractivity contribution in [1.29, 1.82) is 0 Å². The molecular weight excluding hydrogens is 442 g/mol. The molecule has 0 unspecified atom stereocenters. The number of carbonyl (C=O) groups excluding carboxylic acids is 3. The quantitative estimate of drug-likeness (QED) is 0.509. The maximum absolute atomic E-state index is 13.0. The van der Waals surface area contributed by atoms with Crippen LogP contribution in [-0.2, 0) is 27.2 Å². The lowest BCUT2D eigenvalue weighted by molar-refractivity contribution is -0.136. The van der Waals surface area contributed by atoms with Crippen molar-refractivity contribution < 1.29 is 19.1 Å². The molecule has 0 aromatic heterocycles.